The normalized spacial score (nSPS) is 12.1. The molecule has 24 heavy (non-hydrogen) atoms. The molecule has 3 aromatic rings. The zero-order valence-electron chi connectivity index (χ0n) is 12.1. The highest BCUT2D eigenvalue weighted by atomic mass is 32.2. The molecule has 6 nitrogen and oxygen atoms in total. The Morgan fingerprint density at radius 3 is 2.29 bits per heavy atom. The number of hydrogen-bond donors (Lipinski definition) is 2. The van der Waals surface area contributed by atoms with E-state index in [0.29, 0.717) is 16.5 Å². The first-order valence-electron chi connectivity index (χ1n) is 6.75. The summed E-state index contributed by atoms with van der Waals surface area (Å²) in [5.41, 5.74) is 0.529. The Kier molecular flexibility index (Phi) is 4.00. The highest BCUT2D eigenvalue weighted by molar-refractivity contribution is 7.85. The summed E-state index contributed by atoms with van der Waals surface area (Å²) in [5.74, 6) is -0.548. The Morgan fingerprint density at radius 2 is 1.62 bits per heavy atom. The van der Waals surface area contributed by atoms with Gasteiger partial charge in [0.25, 0.3) is 10.1 Å². The minimum absolute atomic E-state index is 0.138. The number of benzene rings is 3. The molecule has 0 unspecified atom stereocenters. The number of azo groups is 1. The largest absolute Gasteiger partial charge is 0.506 e. The van der Waals surface area contributed by atoms with Gasteiger partial charge in [0.15, 0.2) is 0 Å². The van der Waals surface area contributed by atoms with Crippen molar-refractivity contribution < 1.29 is 22.5 Å². The third-order valence-electron chi connectivity index (χ3n) is 3.33. The molecule has 0 bridgehead atoms. The van der Waals surface area contributed by atoms with E-state index in [9.17, 15) is 17.9 Å². The molecule has 0 aliphatic heterocycles. The highest BCUT2D eigenvalue weighted by Crippen LogP contribution is 2.36. The van der Waals surface area contributed by atoms with E-state index < -0.39 is 15.9 Å². The number of hydrogen-bond acceptors (Lipinski definition) is 5. The van der Waals surface area contributed by atoms with Crippen molar-refractivity contribution in [3.05, 3.63) is 60.4 Å². The lowest BCUT2D eigenvalue weighted by molar-refractivity contribution is 0.477. The minimum Gasteiger partial charge on any atom is -0.506 e. The second-order valence-electron chi connectivity index (χ2n) is 4.97. The first-order chi connectivity index (χ1) is 11.3. The molecule has 2 N–H and O–H groups in total. The fourth-order valence-electron chi connectivity index (χ4n) is 2.16. The smallest absolute Gasteiger partial charge is 0.294 e. The van der Waals surface area contributed by atoms with Gasteiger partial charge in [0.05, 0.1) is 10.6 Å². The van der Waals surface area contributed by atoms with E-state index in [1.54, 1.807) is 0 Å². The Balaban J connectivity index is 2.10. The van der Waals surface area contributed by atoms with Gasteiger partial charge in [-0.2, -0.15) is 13.5 Å². The molecule has 3 aromatic carbocycles. The number of fused-ring (bicyclic) bond motifs is 1. The van der Waals surface area contributed by atoms with Crippen LogP contribution in [0.2, 0.25) is 0 Å². The molecule has 0 aromatic heterocycles. The van der Waals surface area contributed by atoms with Crippen LogP contribution in [0.5, 0.6) is 5.75 Å². The van der Waals surface area contributed by atoms with Crippen molar-refractivity contribution in [2.24, 2.45) is 10.2 Å². The third kappa shape index (κ3) is 3.24. The van der Waals surface area contributed by atoms with Crippen LogP contribution in [0.1, 0.15) is 0 Å². The Morgan fingerprint density at radius 1 is 0.917 bits per heavy atom. The van der Waals surface area contributed by atoms with Gasteiger partial charge in [0, 0.05) is 5.39 Å². The predicted octanol–water partition coefficient (Wildman–Crippen LogP) is 4.35. The van der Waals surface area contributed by atoms with Crippen molar-refractivity contribution in [2.45, 2.75) is 4.90 Å². The standard InChI is InChI=1S/C16H11FN2O4S/c17-11-2-4-12(5-3-11)18-19-16-14-7-6-13(24(21,22)23)9-10(14)1-8-15(16)20/h1-9,20H,(H,21,22,23). The predicted molar refractivity (Wildman–Crippen MR) is 86.0 cm³/mol. The first-order valence-corrected chi connectivity index (χ1v) is 8.19. The van der Waals surface area contributed by atoms with Crippen molar-refractivity contribution in [3.8, 4) is 5.75 Å². The van der Waals surface area contributed by atoms with Gasteiger partial charge in [-0.1, -0.05) is 12.1 Å². The second-order valence-corrected chi connectivity index (χ2v) is 6.39. The van der Waals surface area contributed by atoms with Gasteiger partial charge in [0.1, 0.15) is 17.3 Å². The molecule has 0 radical (unpaired) electrons. The van der Waals surface area contributed by atoms with Crippen LogP contribution in [0.3, 0.4) is 0 Å². The van der Waals surface area contributed by atoms with Gasteiger partial charge in [-0.3, -0.25) is 4.55 Å². The van der Waals surface area contributed by atoms with Crippen LogP contribution >= 0.6 is 0 Å². The van der Waals surface area contributed by atoms with Crippen molar-refractivity contribution in [2.75, 3.05) is 0 Å². The molecule has 0 spiro atoms. The van der Waals surface area contributed by atoms with Crippen LogP contribution in [0.4, 0.5) is 15.8 Å². The molecule has 122 valence electrons. The second kappa shape index (κ2) is 5.99. The van der Waals surface area contributed by atoms with Gasteiger partial charge < -0.3 is 5.11 Å². The third-order valence-corrected chi connectivity index (χ3v) is 4.18. The van der Waals surface area contributed by atoms with Crippen LogP contribution in [0, 0.1) is 5.82 Å². The molecule has 3 rings (SSSR count). The fraction of sp³-hybridized carbons (Fsp3) is 0. The summed E-state index contributed by atoms with van der Waals surface area (Å²) in [6.45, 7) is 0. The molecule has 0 fully saturated rings. The molecule has 0 atom stereocenters. The maximum absolute atomic E-state index is 12.9. The van der Waals surface area contributed by atoms with Crippen molar-refractivity contribution in [1.82, 2.24) is 0 Å². The molecule has 0 aliphatic rings. The Labute approximate surface area is 136 Å². The summed E-state index contributed by atoms with van der Waals surface area (Å²) in [5, 5.41) is 18.8. The van der Waals surface area contributed by atoms with E-state index in [1.165, 1.54) is 54.6 Å². The fourth-order valence-corrected chi connectivity index (χ4v) is 2.68. The Hall–Kier alpha value is -2.84. The molecule has 0 saturated heterocycles. The van der Waals surface area contributed by atoms with E-state index >= 15 is 0 Å². The summed E-state index contributed by atoms with van der Waals surface area (Å²) >= 11 is 0. The van der Waals surface area contributed by atoms with Crippen molar-refractivity contribution in [3.63, 3.8) is 0 Å². The number of aromatic hydroxyl groups is 1. The van der Waals surface area contributed by atoms with E-state index in [1.807, 2.05) is 0 Å². The molecule has 0 heterocycles. The van der Waals surface area contributed by atoms with Gasteiger partial charge in [-0.15, -0.1) is 5.11 Å². The number of nitrogens with zero attached hydrogens (tertiary/aromatic N) is 2. The van der Waals surface area contributed by atoms with E-state index in [2.05, 4.69) is 10.2 Å². The number of halogens is 1. The van der Waals surface area contributed by atoms with Crippen LogP contribution in [0.25, 0.3) is 10.8 Å². The summed E-state index contributed by atoms with van der Waals surface area (Å²) in [4.78, 5) is -0.262. The Bertz CT molecular complexity index is 1050. The average Bonchev–Trinajstić information content (AvgIpc) is 2.54. The topological polar surface area (TPSA) is 99.3 Å². The highest BCUT2D eigenvalue weighted by Gasteiger charge is 2.13. The van der Waals surface area contributed by atoms with Gasteiger partial charge >= 0.3 is 0 Å². The lowest BCUT2D eigenvalue weighted by Crippen LogP contribution is -1.97. The SMILES string of the molecule is O=S(=O)(O)c1ccc2c(N=Nc3ccc(F)cc3)c(O)ccc2c1. The van der Waals surface area contributed by atoms with Crippen molar-refractivity contribution in [1.29, 1.82) is 0 Å². The summed E-state index contributed by atoms with van der Waals surface area (Å²) in [6.07, 6.45) is 0. The first kappa shape index (κ1) is 16.0. The quantitative estimate of drug-likeness (QED) is 0.544. The van der Waals surface area contributed by atoms with Crippen LogP contribution in [0.15, 0.2) is 69.7 Å². The molecule has 0 amide bonds. The molecule has 0 aliphatic carbocycles. The monoisotopic (exact) mass is 346 g/mol. The minimum atomic E-state index is -4.33. The molecular weight excluding hydrogens is 335 g/mol. The molecular formula is C16H11FN2O4S. The zero-order valence-corrected chi connectivity index (χ0v) is 12.9. The lowest BCUT2D eigenvalue weighted by Gasteiger charge is -2.05. The maximum atomic E-state index is 12.9. The van der Waals surface area contributed by atoms with Crippen LogP contribution in [-0.4, -0.2) is 18.1 Å². The number of rotatable bonds is 3. The lowest BCUT2D eigenvalue weighted by atomic mass is 10.1. The van der Waals surface area contributed by atoms with E-state index in [0.717, 1.165) is 0 Å². The molecule has 0 saturated carbocycles. The summed E-state index contributed by atoms with van der Waals surface area (Å²) in [6, 6.07) is 12.0. The van der Waals surface area contributed by atoms with Crippen LogP contribution in [-0.2, 0) is 10.1 Å². The van der Waals surface area contributed by atoms with Crippen LogP contribution < -0.4 is 0 Å². The van der Waals surface area contributed by atoms with Gasteiger partial charge in [-0.25, -0.2) is 4.39 Å². The van der Waals surface area contributed by atoms with E-state index in [4.69, 9.17) is 4.55 Å². The average molecular weight is 346 g/mol. The van der Waals surface area contributed by atoms with Crippen molar-refractivity contribution >= 4 is 32.3 Å². The number of phenolic OH excluding ortho intramolecular Hbond substituents is 1. The van der Waals surface area contributed by atoms with E-state index in [-0.39, 0.29) is 16.3 Å². The van der Waals surface area contributed by atoms with Gasteiger partial charge in [0.2, 0.25) is 0 Å². The summed E-state index contributed by atoms with van der Waals surface area (Å²) in [7, 11) is -4.33. The summed E-state index contributed by atoms with van der Waals surface area (Å²) < 4.78 is 44.4. The number of phenols is 1. The van der Waals surface area contributed by atoms with Gasteiger partial charge in [-0.05, 0) is 47.9 Å². The molecule has 8 heteroatoms. The zero-order chi connectivity index (χ0) is 17.3. The maximum Gasteiger partial charge on any atom is 0.294 e.